The van der Waals surface area contributed by atoms with Crippen LogP contribution in [0.2, 0.25) is 0 Å². The SMILES string of the molecule is CN(Cc1cccc2ccccc12)C(=O)CCNC(=O)c1cccs1. The minimum Gasteiger partial charge on any atom is -0.351 e. The maximum absolute atomic E-state index is 12.3. The van der Waals surface area contributed by atoms with Gasteiger partial charge in [-0.25, -0.2) is 0 Å². The molecule has 2 aromatic carbocycles. The average Bonchev–Trinajstić information content (AvgIpc) is 3.16. The minimum absolute atomic E-state index is 0.0133. The first-order valence-electron chi connectivity index (χ1n) is 8.17. The summed E-state index contributed by atoms with van der Waals surface area (Å²) in [6, 6.07) is 17.9. The number of hydrogen-bond donors (Lipinski definition) is 1. The van der Waals surface area contributed by atoms with Crippen LogP contribution in [-0.2, 0) is 11.3 Å². The maximum Gasteiger partial charge on any atom is 0.261 e. The van der Waals surface area contributed by atoms with Gasteiger partial charge in [0.05, 0.1) is 4.88 Å². The zero-order chi connectivity index (χ0) is 17.6. The van der Waals surface area contributed by atoms with Crippen LogP contribution in [0.15, 0.2) is 60.0 Å². The Morgan fingerprint density at radius 2 is 1.84 bits per heavy atom. The number of benzene rings is 2. The molecule has 0 radical (unpaired) electrons. The summed E-state index contributed by atoms with van der Waals surface area (Å²) in [4.78, 5) is 26.6. The summed E-state index contributed by atoms with van der Waals surface area (Å²) in [7, 11) is 1.80. The van der Waals surface area contributed by atoms with E-state index in [2.05, 4.69) is 23.5 Å². The summed E-state index contributed by atoms with van der Waals surface area (Å²) in [5, 5.41) is 6.98. The summed E-state index contributed by atoms with van der Waals surface area (Å²) in [6.07, 6.45) is 0.290. The van der Waals surface area contributed by atoms with Crippen LogP contribution in [0.5, 0.6) is 0 Å². The molecule has 5 heteroatoms. The summed E-state index contributed by atoms with van der Waals surface area (Å²) >= 11 is 1.39. The van der Waals surface area contributed by atoms with Crippen molar-refractivity contribution in [2.75, 3.05) is 13.6 Å². The van der Waals surface area contributed by atoms with Crippen LogP contribution >= 0.6 is 11.3 Å². The van der Waals surface area contributed by atoms with E-state index in [1.807, 2.05) is 35.7 Å². The van der Waals surface area contributed by atoms with Crippen molar-refractivity contribution in [3.8, 4) is 0 Å². The fraction of sp³-hybridized carbons (Fsp3) is 0.200. The lowest BCUT2D eigenvalue weighted by atomic mass is 10.0. The molecule has 0 spiro atoms. The summed E-state index contributed by atoms with van der Waals surface area (Å²) in [5.74, 6) is -0.112. The van der Waals surface area contributed by atoms with Crippen molar-refractivity contribution in [2.45, 2.75) is 13.0 Å². The highest BCUT2D eigenvalue weighted by Crippen LogP contribution is 2.19. The fourth-order valence-electron chi connectivity index (χ4n) is 2.74. The molecule has 1 N–H and O–H groups in total. The average molecular weight is 352 g/mol. The highest BCUT2D eigenvalue weighted by atomic mass is 32.1. The van der Waals surface area contributed by atoms with Crippen molar-refractivity contribution in [1.29, 1.82) is 0 Å². The lowest BCUT2D eigenvalue weighted by Crippen LogP contribution is -2.31. The lowest BCUT2D eigenvalue weighted by molar-refractivity contribution is -0.130. The molecule has 0 atom stereocenters. The first-order valence-corrected chi connectivity index (χ1v) is 9.05. The van der Waals surface area contributed by atoms with Crippen molar-refractivity contribution in [3.63, 3.8) is 0 Å². The second-order valence-electron chi connectivity index (χ2n) is 5.87. The topological polar surface area (TPSA) is 49.4 Å². The van der Waals surface area contributed by atoms with E-state index in [0.717, 1.165) is 10.9 Å². The first-order chi connectivity index (χ1) is 12.1. The molecule has 0 saturated heterocycles. The third-order valence-corrected chi connectivity index (χ3v) is 4.95. The number of rotatable bonds is 6. The highest BCUT2D eigenvalue weighted by Gasteiger charge is 2.12. The molecule has 2 amide bonds. The van der Waals surface area contributed by atoms with Gasteiger partial charge in [-0.05, 0) is 27.8 Å². The second-order valence-corrected chi connectivity index (χ2v) is 6.82. The van der Waals surface area contributed by atoms with Crippen LogP contribution in [0.3, 0.4) is 0 Å². The van der Waals surface area contributed by atoms with Gasteiger partial charge < -0.3 is 10.2 Å². The number of thiophene rings is 1. The molecule has 1 aromatic heterocycles. The van der Waals surface area contributed by atoms with Crippen LogP contribution in [0.1, 0.15) is 21.7 Å². The number of amides is 2. The summed E-state index contributed by atoms with van der Waals surface area (Å²) < 4.78 is 0. The van der Waals surface area contributed by atoms with E-state index in [4.69, 9.17) is 0 Å². The Balaban J connectivity index is 1.54. The Kier molecular flexibility index (Phi) is 5.46. The second kappa shape index (κ2) is 7.94. The molecule has 0 aliphatic rings. The maximum atomic E-state index is 12.3. The van der Waals surface area contributed by atoms with Gasteiger partial charge in [0, 0.05) is 26.6 Å². The van der Waals surface area contributed by atoms with Crippen LogP contribution in [0, 0.1) is 0 Å². The molecule has 0 aliphatic heterocycles. The van der Waals surface area contributed by atoms with Gasteiger partial charge in [0.15, 0.2) is 0 Å². The zero-order valence-corrected chi connectivity index (χ0v) is 14.9. The van der Waals surface area contributed by atoms with E-state index in [1.54, 1.807) is 18.0 Å². The van der Waals surface area contributed by atoms with E-state index >= 15 is 0 Å². The third-order valence-electron chi connectivity index (χ3n) is 4.08. The molecule has 0 bridgehead atoms. The van der Waals surface area contributed by atoms with Gasteiger partial charge in [-0.3, -0.25) is 9.59 Å². The third kappa shape index (κ3) is 4.25. The van der Waals surface area contributed by atoms with E-state index in [9.17, 15) is 9.59 Å². The molecular formula is C20H20N2O2S. The number of carbonyl (C=O) groups is 2. The summed E-state index contributed by atoms with van der Waals surface area (Å²) in [5.41, 5.74) is 1.12. The Morgan fingerprint density at radius 3 is 2.64 bits per heavy atom. The van der Waals surface area contributed by atoms with Crippen molar-refractivity contribution < 1.29 is 9.59 Å². The molecule has 0 aliphatic carbocycles. The van der Waals surface area contributed by atoms with Crippen molar-refractivity contribution in [1.82, 2.24) is 10.2 Å². The van der Waals surface area contributed by atoms with Gasteiger partial charge in [-0.1, -0.05) is 48.5 Å². The lowest BCUT2D eigenvalue weighted by Gasteiger charge is -2.18. The largest absolute Gasteiger partial charge is 0.351 e. The van der Waals surface area contributed by atoms with Crippen molar-refractivity contribution >= 4 is 33.9 Å². The standard InChI is InChI=1S/C20H20N2O2S/c1-22(14-16-8-4-7-15-6-2-3-9-17(15)16)19(23)11-12-21-20(24)18-10-5-13-25-18/h2-10,13H,11-12,14H2,1H3,(H,21,24). The Morgan fingerprint density at radius 1 is 1.04 bits per heavy atom. The van der Waals surface area contributed by atoms with E-state index in [1.165, 1.54) is 16.7 Å². The molecule has 25 heavy (non-hydrogen) atoms. The van der Waals surface area contributed by atoms with E-state index < -0.39 is 0 Å². The van der Waals surface area contributed by atoms with Gasteiger partial charge in [-0.2, -0.15) is 0 Å². The van der Waals surface area contributed by atoms with Gasteiger partial charge in [0.2, 0.25) is 5.91 Å². The normalized spacial score (nSPS) is 10.6. The van der Waals surface area contributed by atoms with Gasteiger partial charge in [0.25, 0.3) is 5.91 Å². The molecule has 1 heterocycles. The number of nitrogens with one attached hydrogen (secondary N) is 1. The van der Waals surface area contributed by atoms with Crippen molar-refractivity contribution in [3.05, 3.63) is 70.4 Å². The van der Waals surface area contributed by atoms with Crippen molar-refractivity contribution in [2.24, 2.45) is 0 Å². The fourth-order valence-corrected chi connectivity index (χ4v) is 3.38. The molecule has 3 rings (SSSR count). The van der Waals surface area contributed by atoms with E-state index in [-0.39, 0.29) is 11.8 Å². The minimum atomic E-state index is -0.125. The number of nitrogens with zero attached hydrogens (tertiary/aromatic N) is 1. The Bertz CT molecular complexity index is 869. The van der Waals surface area contributed by atoms with Crippen LogP contribution < -0.4 is 5.32 Å². The predicted octanol–water partition coefficient (Wildman–Crippen LogP) is 3.68. The monoisotopic (exact) mass is 352 g/mol. The quantitative estimate of drug-likeness (QED) is 0.736. The molecular weight excluding hydrogens is 332 g/mol. The molecule has 0 unspecified atom stereocenters. The van der Waals surface area contributed by atoms with Gasteiger partial charge >= 0.3 is 0 Å². The van der Waals surface area contributed by atoms with Gasteiger partial charge in [-0.15, -0.1) is 11.3 Å². The molecule has 0 fully saturated rings. The zero-order valence-electron chi connectivity index (χ0n) is 14.1. The molecule has 3 aromatic rings. The van der Waals surface area contributed by atoms with Crippen LogP contribution in [0.4, 0.5) is 0 Å². The van der Waals surface area contributed by atoms with Gasteiger partial charge in [0.1, 0.15) is 0 Å². The molecule has 0 saturated carbocycles. The van der Waals surface area contributed by atoms with E-state index in [0.29, 0.717) is 24.4 Å². The van der Waals surface area contributed by atoms with Crippen LogP contribution in [0.25, 0.3) is 10.8 Å². The molecule has 4 nitrogen and oxygen atoms in total. The molecule has 128 valence electrons. The first kappa shape index (κ1) is 17.2. The highest BCUT2D eigenvalue weighted by molar-refractivity contribution is 7.12. The number of carbonyl (C=O) groups excluding carboxylic acids is 2. The number of hydrogen-bond acceptors (Lipinski definition) is 3. The predicted molar refractivity (Wildman–Crippen MR) is 102 cm³/mol. The Labute approximate surface area is 151 Å². The number of fused-ring (bicyclic) bond motifs is 1. The summed E-state index contributed by atoms with van der Waals surface area (Å²) in [6.45, 7) is 0.897. The van der Waals surface area contributed by atoms with Crippen LogP contribution in [-0.4, -0.2) is 30.3 Å². The Hall–Kier alpha value is -2.66. The smallest absolute Gasteiger partial charge is 0.261 e.